The number of hydrogen-bond acceptors (Lipinski definition) is 2. The summed E-state index contributed by atoms with van der Waals surface area (Å²) in [5, 5.41) is 9.44. The Balaban J connectivity index is 2.44. The molecule has 0 saturated heterocycles. The van der Waals surface area contributed by atoms with E-state index in [-0.39, 0.29) is 17.2 Å². The van der Waals surface area contributed by atoms with E-state index in [0.717, 1.165) is 6.07 Å². The third-order valence-corrected chi connectivity index (χ3v) is 3.01. The quantitative estimate of drug-likeness (QED) is 0.802. The molecule has 2 aromatic carbocycles. The van der Waals surface area contributed by atoms with E-state index in [1.807, 2.05) is 0 Å². The van der Waals surface area contributed by atoms with Crippen LogP contribution in [-0.4, -0.2) is 5.11 Å². The number of aryl methyl sites for hydroxylation is 1. The molecule has 0 saturated carbocycles. The highest BCUT2D eigenvalue weighted by molar-refractivity contribution is 9.10. The maximum absolute atomic E-state index is 12.9. The van der Waals surface area contributed by atoms with Gasteiger partial charge in [-0.2, -0.15) is 13.2 Å². The van der Waals surface area contributed by atoms with Crippen molar-refractivity contribution in [1.29, 1.82) is 0 Å². The second-order valence-corrected chi connectivity index (χ2v) is 5.16. The summed E-state index contributed by atoms with van der Waals surface area (Å²) in [5.41, 5.74) is -0.190. The molecule has 2 nitrogen and oxygen atoms in total. The Labute approximate surface area is 121 Å². The molecule has 2 rings (SSSR count). The number of phenols is 1. The van der Waals surface area contributed by atoms with Crippen LogP contribution < -0.4 is 4.74 Å². The number of aromatic hydroxyl groups is 1. The van der Waals surface area contributed by atoms with Gasteiger partial charge in [0.05, 0.1) is 5.56 Å². The summed E-state index contributed by atoms with van der Waals surface area (Å²) in [7, 11) is 0. The van der Waals surface area contributed by atoms with Gasteiger partial charge in [-0.05, 0) is 42.8 Å². The fourth-order valence-electron chi connectivity index (χ4n) is 1.73. The predicted octanol–water partition coefficient (Wildman–Crippen LogP) is 5.27. The molecule has 0 unspecified atom stereocenters. The second-order valence-electron chi connectivity index (χ2n) is 4.24. The summed E-state index contributed by atoms with van der Waals surface area (Å²) in [5.74, 6) is -0.244. The molecule has 20 heavy (non-hydrogen) atoms. The Bertz CT molecular complexity index is 619. The number of halogens is 4. The van der Waals surface area contributed by atoms with Crippen molar-refractivity contribution < 1.29 is 23.0 Å². The number of rotatable bonds is 2. The van der Waals surface area contributed by atoms with Gasteiger partial charge in [0.25, 0.3) is 0 Å². The van der Waals surface area contributed by atoms with Gasteiger partial charge in [0.2, 0.25) is 0 Å². The lowest BCUT2D eigenvalue weighted by molar-refractivity contribution is -0.138. The summed E-state index contributed by atoms with van der Waals surface area (Å²) in [4.78, 5) is 0. The molecule has 0 spiro atoms. The van der Waals surface area contributed by atoms with Crippen molar-refractivity contribution in [1.82, 2.24) is 0 Å². The Hall–Kier alpha value is -1.69. The minimum Gasteiger partial charge on any atom is -0.508 e. The van der Waals surface area contributed by atoms with Gasteiger partial charge in [0.15, 0.2) is 0 Å². The first-order valence-corrected chi connectivity index (χ1v) is 6.40. The number of benzene rings is 2. The molecule has 0 radical (unpaired) electrons. The van der Waals surface area contributed by atoms with E-state index in [0.29, 0.717) is 10.0 Å². The largest absolute Gasteiger partial charge is 0.508 e. The number of alkyl halides is 3. The first kappa shape index (κ1) is 14.7. The zero-order chi connectivity index (χ0) is 14.9. The lowest BCUT2D eigenvalue weighted by Gasteiger charge is -2.14. The van der Waals surface area contributed by atoms with E-state index in [1.165, 1.54) is 24.3 Å². The maximum atomic E-state index is 12.9. The molecule has 6 heteroatoms. The Morgan fingerprint density at radius 3 is 2.40 bits per heavy atom. The third kappa shape index (κ3) is 3.45. The molecule has 0 aliphatic carbocycles. The molecular weight excluding hydrogens is 337 g/mol. The molecule has 106 valence electrons. The fraction of sp³-hybridized carbons (Fsp3) is 0.143. The van der Waals surface area contributed by atoms with Crippen molar-refractivity contribution in [2.75, 3.05) is 0 Å². The highest BCUT2D eigenvalue weighted by atomic mass is 79.9. The van der Waals surface area contributed by atoms with Gasteiger partial charge in [0.1, 0.15) is 17.2 Å². The third-order valence-electron chi connectivity index (χ3n) is 2.51. The average Bonchev–Trinajstić information content (AvgIpc) is 2.25. The topological polar surface area (TPSA) is 29.5 Å². The molecular formula is C14H10BrF3O2. The van der Waals surface area contributed by atoms with Crippen molar-refractivity contribution in [2.24, 2.45) is 0 Å². The SMILES string of the molecule is Cc1cc(O)cc(Oc2cc(Br)ccc2C(F)(F)F)c1. The van der Waals surface area contributed by atoms with Crippen LogP contribution >= 0.6 is 15.9 Å². The van der Waals surface area contributed by atoms with Crippen LogP contribution in [0, 0.1) is 6.92 Å². The minimum absolute atomic E-state index is 0.0662. The number of phenolic OH excluding ortho intramolecular Hbond substituents is 1. The summed E-state index contributed by atoms with van der Waals surface area (Å²) in [6.07, 6.45) is -4.51. The van der Waals surface area contributed by atoms with E-state index in [9.17, 15) is 18.3 Å². The van der Waals surface area contributed by atoms with Gasteiger partial charge in [-0.3, -0.25) is 0 Å². The summed E-state index contributed by atoms with van der Waals surface area (Å²) in [6, 6.07) is 7.76. The molecule has 0 atom stereocenters. The molecule has 0 aliphatic rings. The smallest absolute Gasteiger partial charge is 0.419 e. The van der Waals surface area contributed by atoms with E-state index < -0.39 is 11.7 Å². The highest BCUT2D eigenvalue weighted by Gasteiger charge is 2.34. The lowest BCUT2D eigenvalue weighted by atomic mass is 10.2. The van der Waals surface area contributed by atoms with E-state index in [4.69, 9.17) is 4.74 Å². The Morgan fingerprint density at radius 1 is 1.10 bits per heavy atom. The van der Waals surface area contributed by atoms with Crippen molar-refractivity contribution in [3.63, 3.8) is 0 Å². The second kappa shape index (κ2) is 5.36. The van der Waals surface area contributed by atoms with E-state index in [1.54, 1.807) is 13.0 Å². The monoisotopic (exact) mass is 346 g/mol. The molecule has 0 fully saturated rings. The minimum atomic E-state index is -4.51. The number of ether oxygens (including phenoxy) is 1. The molecule has 0 bridgehead atoms. The first-order valence-electron chi connectivity index (χ1n) is 5.61. The predicted molar refractivity (Wildman–Crippen MR) is 72.1 cm³/mol. The first-order chi connectivity index (χ1) is 9.25. The van der Waals surface area contributed by atoms with Crippen molar-refractivity contribution in [3.8, 4) is 17.2 Å². The molecule has 0 heterocycles. The number of hydrogen-bond donors (Lipinski definition) is 1. The summed E-state index contributed by atoms with van der Waals surface area (Å²) >= 11 is 3.11. The lowest BCUT2D eigenvalue weighted by Crippen LogP contribution is -2.07. The van der Waals surface area contributed by atoms with Crippen LogP contribution in [-0.2, 0) is 6.18 Å². The van der Waals surface area contributed by atoms with Crippen LogP contribution in [0.3, 0.4) is 0 Å². The van der Waals surface area contributed by atoms with Gasteiger partial charge in [-0.15, -0.1) is 0 Å². The Kier molecular flexibility index (Phi) is 3.94. The van der Waals surface area contributed by atoms with E-state index >= 15 is 0 Å². The summed E-state index contributed by atoms with van der Waals surface area (Å²) < 4.78 is 44.4. The van der Waals surface area contributed by atoms with Crippen LogP contribution in [0.2, 0.25) is 0 Å². The molecule has 0 aromatic heterocycles. The van der Waals surface area contributed by atoms with Crippen molar-refractivity contribution >= 4 is 15.9 Å². The standard InChI is InChI=1S/C14H10BrF3O2/c1-8-4-10(19)7-11(5-8)20-13-6-9(15)2-3-12(13)14(16,17)18/h2-7,19H,1H3. The Morgan fingerprint density at radius 2 is 1.80 bits per heavy atom. The molecule has 0 aliphatic heterocycles. The summed E-state index contributed by atoms with van der Waals surface area (Å²) in [6.45, 7) is 1.71. The zero-order valence-electron chi connectivity index (χ0n) is 10.3. The van der Waals surface area contributed by atoms with Crippen LogP contribution in [0.5, 0.6) is 17.2 Å². The average molecular weight is 347 g/mol. The van der Waals surface area contributed by atoms with Gasteiger partial charge in [0, 0.05) is 10.5 Å². The zero-order valence-corrected chi connectivity index (χ0v) is 11.9. The maximum Gasteiger partial charge on any atom is 0.419 e. The van der Waals surface area contributed by atoms with Crippen LogP contribution in [0.25, 0.3) is 0 Å². The van der Waals surface area contributed by atoms with Crippen molar-refractivity contribution in [3.05, 3.63) is 52.0 Å². The highest BCUT2D eigenvalue weighted by Crippen LogP contribution is 2.40. The van der Waals surface area contributed by atoms with Gasteiger partial charge in [-0.1, -0.05) is 15.9 Å². The molecule has 2 aromatic rings. The van der Waals surface area contributed by atoms with E-state index in [2.05, 4.69) is 15.9 Å². The van der Waals surface area contributed by atoms with Crippen LogP contribution in [0.15, 0.2) is 40.9 Å². The molecule has 0 amide bonds. The van der Waals surface area contributed by atoms with Gasteiger partial charge < -0.3 is 9.84 Å². The van der Waals surface area contributed by atoms with Crippen LogP contribution in [0.4, 0.5) is 13.2 Å². The normalized spacial score (nSPS) is 11.4. The van der Waals surface area contributed by atoms with Crippen LogP contribution in [0.1, 0.15) is 11.1 Å². The van der Waals surface area contributed by atoms with Crippen molar-refractivity contribution in [2.45, 2.75) is 13.1 Å². The molecule has 1 N–H and O–H groups in total. The fourth-order valence-corrected chi connectivity index (χ4v) is 2.07. The van der Waals surface area contributed by atoms with Gasteiger partial charge >= 0.3 is 6.18 Å². The van der Waals surface area contributed by atoms with Gasteiger partial charge in [-0.25, -0.2) is 0 Å².